The van der Waals surface area contributed by atoms with E-state index in [1.165, 1.54) is 17.7 Å². The molecule has 0 amide bonds. The second-order valence-corrected chi connectivity index (χ2v) is 6.55. The van der Waals surface area contributed by atoms with Crippen molar-refractivity contribution >= 4 is 39.8 Å². The number of nitro groups is 1. The van der Waals surface area contributed by atoms with Gasteiger partial charge in [-0.1, -0.05) is 0 Å². The van der Waals surface area contributed by atoms with Crippen LogP contribution >= 0.6 is 11.3 Å². The van der Waals surface area contributed by atoms with Crippen molar-refractivity contribution in [2.45, 2.75) is 19.8 Å². The number of esters is 1. The van der Waals surface area contributed by atoms with Gasteiger partial charge in [0, 0.05) is 24.7 Å². The molecule has 26 heavy (non-hydrogen) atoms. The molecule has 2 aromatic rings. The molecule has 0 spiro atoms. The molecule has 1 saturated heterocycles. The Labute approximate surface area is 153 Å². The number of nitrogens with zero attached hydrogens (tertiary/aromatic N) is 5. The van der Waals surface area contributed by atoms with Crippen LogP contribution in [-0.4, -0.2) is 45.5 Å². The lowest BCUT2D eigenvalue weighted by Crippen LogP contribution is -2.40. The van der Waals surface area contributed by atoms with E-state index in [1.54, 1.807) is 23.4 Å². The van der Waals surface area contributed by atoms with Crippen molar-refractivity contribution in [1.29, 1.82) is 0 Å². The van der Waals surface area contributed by atoms with Crippen LogP contribution in [0, 0.1) is 16.0 Å². The molecule has 1 aliphatic rings. The summed E-state index contributed by atoms with van der Waals surface area (Å²) in [6, 6.07) is 0. The second kappa shape index (κ2) is 8.04. The largest absolute Gasteiger partial charge is 0.466 e. The van der Waals surface area contributed by atoms with E-state index in [1.807, 2.05) is 0 Å². The van der Waals surface area contributed by atoms with E-state index in [-0.39, 0.29) is 29.2 Å². The molecular weight excluding hydrogens is 360 g/mol. The van der Waals surface area contributed by atoms with Gasteiger partial charge in [-0.25, -0.2) is 15.0 Å². The summed E-state index contributed by atoms with van der Waals surface area (Å²) in [5.41, 5.74) is -0.229. The Kier molecular flexibility index (Phi) is 5.56. The number of aromatic nitrogens is 3. The van der Waals surface area contributed by atoms with Gasteiger partial charge in [0.25, 0.3) is 0 Å². The summed E-state index contributed by atoms with van der Waals surface area (Å²) < 4.78 is 5.09. The highest BCUT2D eigenvalue weighted by atomic mass is 32.1. The van der Waals surface area contributed by atoms with E-state index in [0.717, 1.165) is 6.42 Å². The van der Waals surface area contributed by atoms with E-state index in [4.69, 9.17) is 4.74 Å². The van der Waals surface area contributed by atoms with Gasteiger partial charge in [-0.05, 0) is 19.8 Å². The lowest BCUT2D eigenvalue weighted by Gasteiger charge is -2.32. The Bertz CT molecular complexity index is 784. The van der Waals surface area contributed by atoms with Crippen molar-refractivity contribution < 1.29 is 14.5 Å². The molecule has 0 saturated carbocycles. The van der Waals surface area contributed by atoms with Crippen LogP contribution in [0.1, 0.15) is 19.8 Å². The highest BCUT2D eigenvalue weighted by Gasteiger charge is 2.33. The normalized spacial score (nSPS) is 17.0. The maximum atomic E-state index is 12.0. The minimum Gasteiger partial charge on any atom is -0.466 e. The van der Waals surface area contributed by atoms with E-state index in [9.17, 15) is 14.9 Å². The Balaban J connectivity index is 1.89. The maximum Gasteiger partial charge on any atom is 0.353 e. The minimum atomic E-state index is -0.515. The van der Waals surface area contributed by atoms with Crippen LogP contribution in [-0.2, 0) is 9.53 Å². The number of thiazole rings is 1. The Morgan fingerprint density at radius 1 is 1.50 bits per heavy atom. The van der Waals surface area contributed by atoms with Gasteiger partial charge in [0.05, 0.1) is 17.4 Å². The predicted octanol–water partition coefficient (Wildman–Crippen LogP) is 2.36. The number of hydrogen-bond donors (Lipinski definition) is 1. The van der Waals surface area contributed by atoms with Crippen molar-refractivity contribution in [3.05, 3.63) is 28.0 Å². The first-order valence-corrected chi connectivity index (χ1v) is 9.05. The van der Waals surface area contributed by atoms with Crippen LogP contribution in [0.4, 0.5) is 22.5 Å². The molecule has 138 valence electrons. The van der Waals surface area contributed by atoms with Gasteiger partial charge < -0.3 is 15.0 Å². The number of nitrogens with one attached hydrogen (secondary N) is 1. The van der Waals surface area contributed by atoms with Gasteiger partial charge in [0.1, 0.15) is 6.33 Å². The fourth-order valence-corrected chi connectivity index (χ4v) is 3.40. The number of anilines is 3. The first kappa shape index (κ1) is 18.0. The van der Waals surface area contributed by atoms with Crippen LogP contribution < -0.4 is 10.2 Å². The fourth-order valence-electron chi connectivity index (χ4n) is 2.87. The zero-order valence-corrected chi connectivity index (χ0v) is 14.9. The standard InChI is InChI=1S/C15H18N6O4S/c1-2-25-14(22)10-4-3-6-20(8-10)13-11(21(23)24)12(17-9-18-13)19-15-16-5-7-26-15/h5,7,9-10H,2-4,6,8H2,1H3,(H,16,17,18,19). The van der Waals surface area contributed by atoms with Gasteiger partial charge in [0.15, 0.2) is 5.13 Å². The minimum absolute atomic E-state index is 0.0770. The Morgan fingerprint density at radius 3 is 3.04 bits per heavy atom. The van der Waals surface area contributed by atoms with Gasteiger partial charge in [-0.15, -0.1) is 11.3 Å². The summed E-state index contributed by atoms with van der Waals surface area (Å²) in [5, 5.41) is 16.8. The molecule has 1 atom stereocenters. The first-order chi connectivity index (χ1) is 12.6. The zero-order valence-electron chi connectivity index (χ0n) is 14.1. The highest BCUT2D eigenvalue weighted by Crippen LogP contribution is 2.35. The van der Waals surface area contributed by atoms with Crippen LogP contribution in [0.15, 0.2) is 17.9 Å². The average Bonchev–Trinajstić information content (AvgIpc) is 3.14. The topological polar surface area (TPSA) is 123 Å². The third-order valence-electron chi connectivity index (χ3n) is 3.98. The lowest BCUT2D eigenvalue weighted by atomic mass is 9.98. The molecule has 2 aromatic heterocycles. The molecule has 11 heteroatoms. The molecular formula is C15H18N6O4S. The summed E-state index contributed by atoms with van der Waals surface area (Å²) in [6.07, 6.45) is 4.28. The molecule has 3 rings (SSSR count). The molecule has 1 N–H and O–H groups in total. The SMILES string of the molecule is CCOC(=O)C1CCCN(c2ncnc(Nc3nccs3)c2[N+](=O)[O-])C1. The maximum absolute atomic E-state index is 12.0. The summed E-state index contributed by atoms with van der Waals surface area (Å²) >= 11 is 1.31. The van der Waals surface area contributed by atoms with Crippen LogP contribution in [0.2, 0.25) is 0 Å². The molecule has 1 fully saturated rings. The summed E-state index contributed by atoms with van der Waals surface area (Å²) in [6.45, 7) is 2.97. The fraction of sp³-hybridized carbons (Fsp3) is 0.467. The molecule has 10 nitrogen and oxygen atoms in total. The molecule has 3 heterocycles. The van der Waals surface area contributed by atoms with Crippen molar-refractivity contribution in [2.24, 2.45) is 5.92 Å². The third-order valence-corrected chi connectivity index (χ3v) is 4.67. The summed E-state index contributed by atoms with van der Waals surface area (Å²) in [7, 11) is 0. The van der Waals surface area contributed by atoms with Gasteiger partial charge in [-0.2, -0.15) is 0 Å². The van der Waals surface area contributed by atoms with Crippen LogP contribution in [0.5, 0.6) is 0 Å². The van der Waals surface area contributed by atoms with E-state index in [0.29, 0.717) is 31.2 Å². The number of hydrogen-bond acceptors (Lipinski definition) is 10. The van der Waals surface area contributed by atoms with E-state index < -0.39 is 4.92 Å². The quantitative estimate of drug-likeness (QED) is 0.458. The number of carbonyl (C=O) groups excluding carboxylic acids is 1. The smallest absolute Gasteiger partial charge is 0.353 e. The van der Waals surface area contributed by atoms with Gasteiger partial charge in [-0.3, -0.25) is 14.9 Å². The number of rotatable bonds is 6. The van der Waals surface area contributed by atoms with Crippen molar-refractivity contribution in [1.82, 2.24) is 15.0 Å². The molecule has 1 aliphatic heterocycles. The summed E-state index contributed by atoms with van der Waals surface area (Å²) in [5.74, 6) is -0.338. The average molecular weight is 378 g/mol. The Morgan fingerprint density at radius 2 is 2.35 bits per heavy atom. The number of carbonyl (C=O) groups is 1. The van der Waals surface area contributed by atoms with E-state index in [2.05, 4.69) is 20.3 Å². The molecule has 1 unspecified atom stereocenters. The third kappa shape index (κ3) is 3.87. The predicted molar refractivity (Wildman–Crippen MR) is 95.7 cm³/mol. The monoisotopic (exact) mass is 378 g/mol. The number of ether oxygens (including phenoxy) is 1. The second-order valence-electron chi connectivity index (χ2n) is 5.65. The molecule has 0 radical (unpaired) electrons. The van der Waals surface area contributed by atoms with E-state index >= 15 is 0 Å². The lowest BCUT2D eigenvalue weighted by molar-refractivity contribution is -0.383. The molecule has 0 bridgehead atoms. The molecule has 0 aromatic carbocycles. The van der Waals surface area contributed by atoms with Gasteiger partial charge in [0.2, 0.25) is 11.6 Å². The highest BCUT2D eigenvalue weighted by molar-refractivity contribution is 7.13. The first-order valence-electron chi connectivity index (χ1n) is 8.17. The Hall–Kier alpha value is -2.82. The summed E-state index contributed by atoms with van der Waals surface area (Å²) in [4.78, 5) is 37.1. The van der Waals surface area contributed by atoms with Gasteiger partial charge >= 0.3 is 11.7 Å². The van der Waals surface area contributed by atoms with Crippen molar-refractivity contribution in [3.8, 4) is 0 Å². The van der Waals surface area contributed by atoms with Crippen LogP contribution in [0.3, 0.4) is 0 Å². The van der Waals surface area contributed by atoms with Crippen molar-refractivity contribution in [2.75, 3.05) is 29.9 Å². The van der Waals surface area contributed by atoms with Crippen molar-refractivity contribution in [3.63, 3.8) is 0 Å². The van der Waals surface area contributed by atoms with Crippen LogP contribution in [0.25, 0.3) is 0 Å². The number of piperidine rings is 1. The molecule has 0 aliphatic carbocycles. The zero-order chi connectivity index (χ0) is 18.5.